The zero-order valence-corrected chi connectivity index (χ0v) is 14.2. The fraction of sp³-hybridized carbons (Fsp3) is 0.467. The van der Waals surface area contributed by atoms with Gasteiger partial charge in [0.2, 0.25) is 12.1 Å². The zero-order chi connectivity index (χ0) is 17.3. The van der Waals surface area contributed by atoms with Gasteiger partial charge in [-0.2, -0.15) is 10.2 Å². The summed E-state index contributed by atoms with van der Waals surface area (Å²) in [6.45, 7) is 8.40. The van der Waals surface area contributed by atoms with Crippen LogP contribution in [0, 0.1) is 0 Å². The number of nitrogens with one attached hydrogen (secondary N) is 1. The predicted molar refractivity (Wildman–Crippen MR) is 87.3 cm³/mol. The highest BCUT2D eigenvalue weighted by Gasteiger charge is 2.25. The second kappa shape index (κ2) is 6.44. The molecule has 0 saturated carbocycles. The van der Waals surface area contributed by atoms with Crippen molar-refractivity contribution in [2.24, 2.45) is 0 Å². The summed E-state index contributed by atoms with van der Waals surface area (Å²) < 4.78 is 14.9. The van der Waals surface area contributed by atoms with Gasteiger partial charge in [0.1, 0.15) is 6.23 Å². The third-order valence-corrected chi connectivity index (χ3v) is 3.42. The Balaban J connectivity index is 2.08. The quantitative estimate of drug-likeness (QED) is 0.659. The van der Waals surface area contributed by atoms with Crippen LogP contribution in [0.3, 0.4) is 0 Å². The highest BCUT2D eigenvalue weighted by atomic mass is 16.5. The molecule has 0 aromatic carbocycles. The summed E-state index contributed by atoms with van der Waals surface area (Å²) in [6.07, 6.45) is 5.04. The molecule has 0 fully saturated rings. The maximum Gasteiger partial charge on any atom is 0.335 e. The molecule has 9 heteroatoms. The van der Waals surface area contributed by atoms with Crippen LogP contribution in [0.15, 0.2) is 18.7 Å². The lowest BCUT2D eigenvalue weighted by Gasteiger charge is -2.11. The smallest absolute Gasteiger partial charge is 0.335 e. The van der Waals surface area contributed by atoms with Crippen LogP contribution < -0.4 is 15.0 Å². The van der Waals surface area contributed by atoms with E-state index in [1.807, 2.05) is 33.9 Å². The minimum absolute atomic E-state index is 0.0351. The lowest BCUT2D eigenvalue weighted by molar-refractivity contribution is -0.580. The molecule has 0 aliphatic rings. The first-order chi connectivity index (χ1) is 11.5. The van der Waals surface area contributed by atoms with Crippen molar-refractivity contribution in [1.82, 2.24) is 24.8 Å². The first-order valence-corrected chi connectivity index (χ1v) is 7.88. The Kier molecular flexibility index (Phi) is 4.34. The van der Waals surface area contributed by atoms with E-state index >= 15 is 0 Å². The van der Waals surface area contributed by atoms with E-state index in [0.717, 1.165) is 5.56 Å². The Morgan fingerprint density at radius 2 is 2.17 bits per heavy atom. The Morgan fingerprint density at radius 1 is 1.38 bits per heavy atom. The van der Waals surface area contributed by atoms with Crippen LogP contribution in [0.1, 0.15) is 33.9 Å². The molecule has 3 rings (SSSR count). The van der Waals surface area contributed by atoms with E-state index in [1.165, 1.54) is 0 Å². The fourth-order valence-corrected chi connectivity index (χ4v) is 2.42. The number of hydrogen-bond acceptors (Lipinski definition) is 6. The molecule has 3 aromatic heterocycles. The van der Waals surface area contributed by atoms with Crippen LogP contribution in [-0.2, 0) is 4.74 Å². The molecule has 1 atom stereocenters. The SMILES string of the molecule is CCOC(C)n1cc(-c2nc[n+]3[nH]c(N)nc3c2OC(C)C)cn1. The summed E-state index contributed by atoms with van der Waals surface area (Å²) >= 11 is 0. The number of nitrogens with zero attached hydrogens (tertiary/aromatic N) is 5. The van der Waals surface area contributed by atoms with Crippen LogP contribution >= 0.6 is 0 Å². The zero-order valence-electron chi connectivity index (χ0n) is 14.2. The van der Waals surface area contributed by atoms with Gasteiger partial charge in [0.05, 0.1) is 17.9 Å². The lowest BCUT2D eigenvalue weighted by atomic mass is 10.2. The monoisotopic (exact) mass is 332 g/mol. The molecule has 0 aliphatic carbocycles. The third kappa shape index (κ3) is 3.02. The minimum atomic E-state index is -0.155. The van der Waals surface area contributed by atoms with Gasteiger partial charge in [0.15, 0.2) is 5.69 Å². The van der Waals surface area contributed by atoms with Crippen LogP contribution in [0.5, 0.6) is 5.75 Å². The number of fused-ring (bicyclic) bond motifs is 1. The summed E-state index contributed by atoms with van der Waals surface area (Å²) in [5.41, 5.74) is 7.81. The van der Waals surface area contributed by atoms with Crippen LogP contribution in [-0.4, -0.2) is 37.6 Å². The van der Waals surface area contributed by atoms with Crippen molar-refractivity contribution < 1.29 is 14.0 Å². The van der Waals surface area contributed by atoms with Gasteiger partial charge in [0, 0.05) is 12.8 Å². The molecule has 0 radical (unpaired) electrons. The number of aromatic amines is 1. The minimum Gasteiger partial charge on any atom is -0.482 e. The predicted octanol–water partition coefficient (Wildman–Crippen LogP) is 1.33. The van der Waals surface area contributed by atoms with Gasteiger partial charge in [-0.15, -0.1) is 9.50 Å². The molecule has 0 spiro atoms. The maximum absolute atomic E-state index is 5.95. The van der Waals surface area contributed by atoms with Gasteiger partial charge < -0.3 is 15.2 Å². The molecular formula is C15H22N7O2+. The van der Waals surface area contributed by atoms with E-state index in [9.17, 15) is 0 Å². The summed E-state index contributed by atoms with van der Waals surface area (Å²) in [6, 6.07) is 0. The molecule has 3 aromatic rings. The normalized spacial score (nSPS) is 12.9. The highest BCUT2D eigenvalue weighted by Crippen LogP contribution is 2.30. The topological polar surface area (TPSA) is 108 Å². The Bertz CT molecular complexity index is 840. The molecule has 9 nitrogen and oxygen atoms in total. The van der Waals surface area contributed by atoms with Crippen LogP contribution in [0.4, 0.5) is 5.95 Å². The summed E-state index contributed by atoms with van der Waals surface area (Å²) in [4.78, 5) is 8.77. The Morgan fingerprint density at radius 3 is 2.88 bits per heavy atom. The highest BCUT2D eigenvalue weighted by molar-refractivity contribution is 5.71. The molecule has 0 aliphatic heterocycles. The largest absolute Gasteiger partial charge is 0.482 e. The summed E-state index contributed by atoms with van der Waals surface area (Å²) in [5, 5.41) is 7.24. The standard InChI is InChI=1S/C15H21N7O2/c1-5-23-10(4)21-7-11(6-18-21)12-13(24-9(2)3)14-19-15(16)20-22(14)8-17-12/h6-10H,5H2,1-4H3,(H2,16,20)/p+1. The number of H-pyrrole nitrogens is 1. The van der Waals surface area contributed by atoms with E-state index < -0.39 is 0 Å². The van der Waals surface area contributed by atoms with Crippen molar-refractivity contribution in [2.45, 2.75) is 40.0 Å². The maximum atomic E-state index is 5.95. The summed E-state index contributed by atoms with van der Waals surface area (Å²) in [7, 11) is 0. The average Bonchev–Trinajstić information content (AvgIpc) is 3.13. The van der Waals surface area contributed by atoms with Crippen molar-refractivity contribution >= 4 is 11.6 Å². The number of rotatable bonds is 6. The van der Waals surface area contributed by atoms with E-state index in [1.54, 1.807) is 21.7 Å². The number of nitrogen functional groups attached to an aromatic ring is 1. The first kappa shape index (κ1) is 16.2. The van der Waals surface area contributed by atoms with Gasteiger partial charge in [0.25, 0.3) is 0 Å². The molecule has 3 heterocycles. The van der Waals surface area contributed by atoms with Gasteiger partial charge in [-0.05, 0) is 27.7 Å². The number of ether oxygens (including phenoxy) is 2. The van der Waals surface area contributed by atoms with E-state index in [2.05, 4.69) is 20.2 Å². The van der Waals surface area contributed by atoms with Crippen LogP contribution in [0.2, 0.25) is 0 Å². The van der Waals surface area contributed by atoms with Gasteiger partial charge >= 0.3 is 11.6 Å². The van der Waals surface area contributed by atoms with Crippen molar-refractivity contribution in [1.29, 1.82) is 0 Å². The average molecular weight is 332 g/mol. The van der Waals surface area contributed by atoms with E-state index in [-0.39, 0.29) is 12.3 Å². The second-order valence-electron chi connectivity index (χ2n) is 5.66. The van der Waals surface area contributed by atoms with Gasteiger partial charge in [-0.3, -0.25) is 0 Å². The molecular weight excluding hydrogens is 310 g/mol. The van der Waals surface area contributed by atoms with Crippen molar-refractivity contribution in [3.63, 3.8) is 0 Å². The number of nitrogens with two attached hydrogens (primary N) is 1. The molecule has 24 heavy (non-hydrogen) atoms. The molecule has 3 N–H and O–H groups in total. The molecule has 0 saturated heterocycles. The number of aromatic nitrogens is 6. The Hall–Kier alpha value is -2.68. The van der Waals surface area contributed by atoms with Gasteiger partial charge in [-0.1, -0.05) is 4.98 Å². The molecule has 0 amide bonds. The van der Waals surface area contributed by atoms with Crippen molar-refractivity contribution in [2.75, 3.05) is 12.3 Å². The van der Waals surface area contributed by atoms with Gasteiger partial charge in [-0.25, -0.2) is 4.68 Å². The number of anilines is 1. The fourth-order valence-electron chi connectivity index (χ4n) is 2.42. The molecule has 128 valence electrons. The summed E-state index contributed by atoms with van der Waals surface area (Å²) in [5.74, 6) is 0.854. The second-order valence-corrected chi connectivity index (χ2v) is 5.66. The first-order valence-electron chi connectivity index (χ1n) is 7.88. The number of hydrogen-bond donors (Lipinski definition) is 2. The van der Waals surface area contributed by atoms with Crippen molar-refractivity contribution in [3.8, 4) is 17.0 Å². The molecule has 0 bridgehead atoms. The van der Waals surface area contributed by atoms with E-state index in [4.69, 9.17) is 15.2 Å². The third-order valence-electron chi connectivity index (χ3n) is 3.42. The lowest BCUT2D eigenvalue weighted by Crippen LogP contribution is -2.25. The van der Waals surface area contributed by atoms with Crippen LogP contribution in [0.25, 0.3) is 16.9 Å². The van der Waals surface area contributed by atoms with E-state index in [0.29, 0.717) is 29.6 Å². The Labute approximate surface area is 139 Å². The van der Waals surface area contributed by atoms with Crippen molar-refractivity contribution in [3.05, 3.63) is 18.7 Å². The molecule has 1 unspecified atom stereocenters.